The van der Waals surface area contributed by atoms with E-state index in [0.29, 0.717) is 13.2 Å². The van der Waals surface area contributed by atoms with Gasteiger partial charge in [0.25, 0.3) is 0 Å². The molecule has 0 aliphatic carbocycles. The van der Waals surface area contributed by atoms with Crippen molar-refractivity contribution in [2.75, 3.05) is 46.6 Å². The molecule has 7 nitrogen and oxygen atoms in total. The lowest BCUT2D eigenvalue weighted by Crippen LogP contribution is -2.28. The monoisotopic (exact) mass is 507 g/mol. The first-order chi connectivity index (χ1) is 16.3. The highest BCUT2D eigenvalue weighted by Gasteiger charge is 2.23. The number of rotatable bonds is 25. The van der Waals surface area contributed by atoms with Gasteiger partial charge in [0.1, 0.15) is 6.10 Å². The molecule has 0 bridgehead atoms. The zero-order valence-electron chi connectivity index (χ0n) is 22.6. The average Bonchev–Trinajstić information content (AvgIpc) is 2.78. The van der Waals surface area contributed by atoms with Gasteiger partial charge in [-0.25, -0.2) is 0 Å². The molecule has 0 aliphatic heterocycles. The SMILES string of the molecule is CCCCCCCCCCCCCCCCCOCC(COP(=O)(O)CCN(C)C)OC(C)=O. The third kappa shape index (κ3) is 24.7. The van der Waals surface area contributed by atoms with Gasteiger partial charge in [-0.3, -0.25) is 9.36 Å². The molecular formula is C26H54NO6P. The minimum absolute atomic E-state index is 0.0345. The van der Waals surface area contributed by atoms with E-state index in [9.17, 15) is 14.3 Å². The first-order valence-corrected chi connectivity index (χ1v) is 15.4. The Morgan fingerprint density at radius 3 is 1.74 bits per heavy atom. The maximum atomic E-state index is 12.1. The van der Waals surface area contributed by atoms with Crippen LogP contribution in [0.25, 0.3) is 0 Å². The lowest BCUT2D eigenvalue weighted by Gasteiger charge is -2.20. The maximum Gasteiger partial charge on any atom is 0.329 e. The topological polar surface area (TPSA) is 85.3 Å². The lowest BCUT2D eigenvalue weighted by atomic mass is 10.0. The fraction of sp³-hybridized carbons (Fsp3) is 0.962. The van der Waals surface area contributed by atoms with Crippen molar-refractivity contribution in [2.24, 2.45) is 0 Å². The molecule has 204 valence electrons. The van der Waals surface area contributed by atoms with Gasteiger partial charge in [-0.2, -0.15) is 0 Å². The zero-order chi connectivity index (χ0) is 25.5. The van der Waals surface area contributed by atoms with Crippen LogP contribution in [0.5, 0.6) is 0 Å². The molecule has 8 heteroatoms. The molecule has 0 fully saturated rings. The number of ether oxygens (including phenoxy) is 2. The van der Waals surface area contributed by atoms with Crippen molar-refractivity contribution in [1.82, 2.24) is 4.90 Å². The first kappa shape index (κ1) is 33.5. The Labute approximate surface area is 209 Å². The second-order valence-corrected chi connectivity index (χ2v) is 11.7. The van der Waals surface area contributed by atoms with E-state index in [2.05, 4.69) is 6.92 Å². The molecule has 0 aromatic heterocycles. The second kappa shape index (κ2) is 23.0. The molecule has 0 aromatic carbocycles. The van der Waals surface area contributed by atoms with E-state index >= 15 is 0 Å². The summed E-state index contributed by atoms with van der Waals surface area (Å²) in [5, 5.41) is 0. The Morgan fingerprint density at radius 2 is 1.29 bits per heavy atom. The quantitative estimate of drug-likeness (QED) is 0.0849. The summed E-state index contributed by atoms with van der Waals surface area (Å²) in [4.78, 5) is 23.0. The molecule has 0 amide bonds. The van der Waals surface area contributed by atoms with Gasteiger partial charge in [-0.05, 0) is 20.5 Å². The summed E-state index contributed by atoms with van der Waals surface area (Å²) in [7, 11) is -0.0557. The van der Waals surface area contributed by atoms with Crippen molar-refractivity contribution >= 4 is 13.6 Å². The third-order valence-electron chi connectivity index (χ3n) is 5.82. The highest BCUT2D eigenvalue weighted by Crippen LogP contribution is 2.41. The standard InChI is InChI=1S/C26H54NO6P/c1-5-6-7-8-9-10-11-12-13-14-15-16-17-18-19-21-31-23-26(33-25(2)28)24-32-34(29,30)22-20-27(3)4/h26H,5-24H2,1-4H3,(H,29,30). The Bertz CT molecular complexity index is 518. The van der Waals surface area contributed by atoms with Gasteiger partial charge in [-0.1, -0.05) is 96.8 Å². The van der Waals surface area contributed by atoms with Crippen molar-refractivity contribution in [3.8, 4) is 0 Å². The Kier molecular flexibility index (Phi) is 22.7. The molecule has 0 heterocycles. The smallest absolute Gasteiger partial charge is 0.329 e. The molecule has 0 aromatic rings. The minimum atomic E-state index is -3.71. The van der Waals surface area contributed by atoms with E-state index in [1.807, 2.05) is 19.0 Å². The van der Waals surface area contributed by atoms with Gasteiger partial charge >= 0.3 is 13.6 Å². The summed E-state index contributed by atoms with van der Waals surface area (Å²) in [5.74, 6) is -0.453. The van der Waals surface area contributed by atoms with Crippen LogP contribution >= 0.6 is 7.60 Å². The van der Waals surface area contributed by atoms with Crippen LogP contribution in [0.2, 0.25) is 0 Å². The Balaban J connectivity index is 3.65. The number of hydrogen-bond acceptors (Lipinski definition) is 6. The molecular weight excluding hydrogens is 453 g/mol. The van der Waals surface area contributed by atoms with Gasteiger partial charge in [0, 0.05) is 20.1 Å². The predicted molar refractivity (Wildman–Crippen MR) is 141 cm³/mol. The third-order valence-corrected chi connectivity index (χ3v) is 7.14. The summed E-state index contributed by atoms with van der Waals surface area (Å²) in [6, 6.07) is 0. The van der Waals surface area contributed by atoms with E-state index in [-0.39, 0.29) is 19.4 Å². The minimum Gasteiger partial charge on any atom is -0.458 e. The van der Waals surface area contributed by atoms with Crippen LogP contribution in [-0.4, -0.2) is 68.5 Å². The van der Waals surface area contributed by atoms with E-state index in [1.54, 1.807) is 0 Å². The van der Waals surface area contributed by atoms with E-state index in [0.717, 1.165) is 12.8 Å². The van der Waals surface area contributed by atoms with Crippen molar-refractivity contribution in [3.63, 3.8) is 0 Å². The molecule has 0 radical (unpaired) electrons. The van der Waals surface area contributed by atoms with E-state index < -0.39 is 19.7 Å². The molecule has 2 atom stereocenters. The fourth-order valence-electron chi connectivity index (χ4n) is 3.73. The second-order valence-electron chi connectivity index (χ2n) is 9.72. The van der Waals surface area contributed by atoms with Crippen molar-refractivity contribution in [2.45, 2.75) is 116 Å². The van der Waals surface area contributed by atoms with Gasteiger partial charge in [-0.15, -0.1) is 0 Å². The fourth-order valence-corrected chi connectivity index (χ4v) is 4.91. The van der Waals surface area contributed by atoms with Crippen LogP contribution < -0.4 is 0 Å². The van der Waals surface area contributed by atoms with Crippen molar-refractivity contribution in [1.29, 1.82) is 0 Å². The highest BCUT2D eigenvalue weighted by molar-refractivity contribution is 7.52. The summed E-state index contributed by atoms with van der Waals surface area (Å²) in [6.45, 7) is 4.65. The summed E-state index contributed by atoms with van der Waals surface area (Å²) in [6.07, 6.45) is 19.1. The van der Waals surface area contributed by atoms with Crippen LogP contribution in [0.1, 0.15) is 110 Å². The van der Waals surface area contributed by atoms with E-state index in [4.69, 9.17) is 14.0 Å². The van der Waals surface area contributed by atoms with Gasteiger partial charge in [0.2, 0.25) is 0 Å². The summed E-state index contributed by atoms with van der Waals surface area (Å²) in [5.41, 5.74) is 0. The van der Waals surface area contributed by atoms with Gasteiger partial charge in [0.05, 0.1) is 19.4 Å². The Hall–Kier alpha value is -0.460. The largest absolute Gasteiger partial charge is 0.458 e. The predicted octanol–water partition coefficient (Wildman–Crippen LogP) is 6.57. The summed E-state index contributed by atoms with van der Waals surface area (Å²) < 4.78 is 28.0. The van der Waals surface area contributed by atoms with Crippen LogP contribution in [0.4, 0.5) is 0 Å². The lowest BCUT2D eigenvalue weighted by molar-refractivity contribution is -0.151. The number of hydrogen-bond donors (Lipinski definition) is 1. The maximum absolute atomic E-state index is 12.1. The van der Waals surface area contributed by atoms with E-state index in [1.165, 1.54) is 90.4 Å². The zero-order valence-corrected chi connectivity index (χ0v) is 23.5. The average molecular weight is 508 g/mol. The van der Waals surface area contributed by atoms with Crippen molar-refractivity contribution in [3.05, 3.63) is 0 Å². The van der Waals surface area contributed by atoms with Gasteiger partial charge in [0.15, 0.2) is 0 Å². The number of carbonyl (C=O) groups excluding carboxylic acids is 1. The molecule has 0 spiro atoms. The number of carbonyl (C=O) groups is 1. The van der Waals surface area contributed by atoms with Crippen LogP contribution in [0, 0.1) is 0 Å². The Morgan fingerprint density at radius 1 is 0.824 bits per heavy atom. The molecule has 1 N–H and O–H groups in total. The summed E-state index contributed by atoms with van der Waals surface area (Å²) >= 11 is 0. The van der Waals surface area contributed by atoms with Gasteiger partial charge < -0.3 is 23.8 Å². The molecule has 34 heavy (non-hydrogen) atoms. The number of unbranched alkanes of at least 4 members (excludes halogenated alkanes) is 14. The number of esters is 1. The first-order valence-electron chi connectivity index (χ1n) is 13.6. The highest BCUT2D eigenvalue weighted by atomic mass is 31.2. The number of nitrogens with zero attached hydrogens (tertiary/aromatic N) is 1. The van der Waals surface area contributed by atoms with Crippen molar-refractivity contribution < 1.29 is 28.3 Å². The van der Waals surface area contributed by atoms with Crippen LogP contribution in [0.15, 0.2) is 0 Å². The van der Waals surface area contributed by atoms with Crippen LogP contribution in [-0.2, 0) is 23.4 Å². The molecule has 0 aliphatic rings. The van der Waals surface area contributed by atoms with Crippen LogP contribution in [0.3, 0.4) is 0 Å². The molecule has 0 rings (SSSR count). The molecule has 0 saturated heterocycles. The molecule has 2 unspecified atom stereocenters. The normalized spacial score (nSPS) is 14.3. The molecule has 0 saturated carbocycles.